The fourth-order valence-electron chi connectivity index (χ4n) is 4.56. The van der Waals surface area contributed by atoms with Crippen LogP contribution in [0.5, 0.6) is 0 Å². The third-order valence-corrected chi connectivity index (χ3v) is 8.45. The zero-order valence-corrected chi connectivity index (χ0v) is 26.0. The number of amides is 2. The molecule has 10 heteroatoms. The number of pyridine rings is 2. The highest BCUT2D eigenvalue weighted by molar-refractivity contribution is 7.99. The Kier molecular flexibility index (Phi) is 12.1. The molecule has 6 nitrogen and oxygen atoms in total. The Morgan fingerprint density at radius 2 is 1.00 bits per heavy atom. The summed E-state index contributed by atoms with van der Waals surface area (Å²) in [6, 6.07) is 16.3. The summed E-state index contributed by atoms with van der Waals surface area (Å²) in [7, 11) is 0. The van der Waals surface area contributed by atoms with Gasteiger partial charge < -0.3 is 43.8 Å². The summed E-state index contributed by atoms with van der Waals surface area (Å²) in [5.41, 5.74) is 3.85. The van der Waals surface area contributed by atoms with Crippen LogP contribution in [0.25, 0.3) is 0 Å². The Labute approximate surface area is 254 Å². The molecule has 2 amide bonds. The van der Waals surface area contributed by atoms with E-state index in [1.165, 1.54) is 11.1 Å². The lowest BCUT2D eigenvalue weighted by Crippen LogP contribution is -3.00. The van der Waals surface area contributed by atoms with E-state index in [0.717, 1.165) is 60.3 Å². The smallest absolute Gasteiger partial charge is 0.259 e. The van der Waals surface area contributed by atoms with Crippen LogP contribution in [0.1, 0.15) is 31.8 Å². The summed E-state index contributed by atoms with van der Waals surface area (Å²) in [6.07, 6.45) is 7.93. The number of nitrogens with zero attached hydrogens (tertiary/aromatic N) is 4. The van der Waals surface area contributed by atoms with E-state index in [1.54, 1.807) is 0 Å². The Balaban J connectivity index is 0.00000200. The van der Waals surface area contributed by atoms with Gasteiger partial charge in [0.25, 0.3) is 11.8 Å². The quantitative estimate of drug-likeness (QED) is 0.257. The molecule has 5 rings (SSSR count). The van der Waals surface area contributed by atoms with Gasteiger partial charge >= 0.3 is 0 Å². The van der Waals surface area contributed by atoms with Crippen molar-refractivity contribution in [2.24, 2.45) is 0 Å². The molecule has 2 aliphatic heterocycles. The second-order valence-corrected chi connectivity index (χ2v) is 11.6. The summed E-state index contributed by atoms with van der Waals surface area (Å²) in [6.45, 7) is 4.72. The van der Waals surface area contributed by atoms with Gasteiger partial charge in [0.1, 0.15) is 11.1 Å². The Hall–Kier alpha value is -1.88. The van der Waals surface area contributed by atoms with Crippen LogP contribution in [0.4, 0.5) is 0 Å². The number of rotatable bonds is 6. The minimum Gasteiger partial charge on any atom is -1.00 e. The molecule has 202 valence electrons. The van der Waals surface area contributed by atoms with E-state index in [9.17, 15) is 9.59 Å². The number of aromatic nitrogens is 2. The van der Waals surface area contributed by atoms with Gasteiger partial charge in [0, 0.05) is 72.5 Å². The molecule has 2 aliphatic rings. The zero-order chi connectivity index (χ0) is 24.7. The molecule has 3 aromatic rings. The molecule has 38 heavy (non-hydrogen) atoms. The first-order valence-electron chi connectivity index (χ1n) is 12.5. The fraction of sp³-hybridized carbons (Fsp3) is 0.357. The van der Waals surface area contributed by atoms with Crippen LogP contribution < -0.4 is 43.1 Å². The standard InChI is InChI=1S/C28H32N4O2S2.2BrH/c33-27(31-11-15-35-16-12-31)25-3-1-9-29(21-25)19-23-5-7-24(8-6-23)20-30-10-2-4-26(22-30)28(34)32-13-17-36-18-14-32;;/h1-10,21-22H,11-20H2;2*1H/q+2;;/p-2. The van der Waals surface area contributed by atoms with Crippen LogP contribution in [0, 0.1) is 0 Å². The van der Waals surface area contributed by atoms with E-state index < -0.39 is 0 Å². The van der Waals surface area contributed by atoms with Gasteiger partial charge in [-0.2, -0.15) is 32.7 Å². The first-order chi connectivity index (χ1) is 17.7. The van der Waals surface area contributed by atoms with Crippen molar-refractivity contribution in [1.82, 2.24) is 9.80 Å². The van der Waals surface area contributed by atoms with Gasteiger partial charge in [-0.3, -0.25) is 9.59 Å². The predicted octanol–water partition coefficient (Wildman–Crippen LogP) is -3.26. The molecule has 2 aromatic heterocycles. The predicted molar refractivity (Wildman–Crippen MR) is 144 cm³/mol. The lowest BCUT2D eigenvalue weighted by molar-refractivity contribution is -0.689. The second-order valence-electron chi connectivity index (χ2n) is 9.16. The van der Waals surface area contributed by atoms with Crippen LogP contribution in [0.2, 0.25) is 0 Å². The van der Waals surface area contributed by atoms with Gasteiger partial charge in [-0.1, -0.05) is 24.3 Å². The summed E-state index contributed by atoms with van der Waals surface area (Å²) < 4.78 is 4.15. The van der Waals surface area contributed by atoms with Crippen LogP contribution in [0.3, 0.4) is 0 Å². The first-order valence-corrected chi connectivity index (χ1v) is 14.8. The summed E-state index contributed by atoms with van der Waals surface area (Å²) in [5, 5.41) is 0. The molecule has 4 heterocycles. The van der Waals surface area contributed by atoms with Gasteiger partial charge in [0.15, 0.2) is 37.9 Å². The largest absolute Gasteiger partial charge is 1.00 e. The third kappa shape index (κ3) is 8.07. The van der Waals surface area contributed by atoms with E-state index >= 15 is 0 Å². The van der Waals surface area contributed by atoms with Crippen molar-refractivity contribution >= 4 is 35.3 Å². The molecule has 0 radical (unpaired) electrons. The number of halogens is 2. The SMILES string of the molecule is O=C(c1ccc[n+](Cc2ccc(C[n+]3cccc(C(=O)N4CCSCC4)c3)cc2)c1)N1CCSCC1.[Br-].[Br-]. The highest BCUT2D eigenvalue weighted by Gasteiger charge is 2.22. The van der Waals surface area contributed by atoms with Crippen molar-refractivity contribution in [3.8, 4) is 0 Å². The summed E-state index contributed by atoms with van der Waals surface area (Å²) >= 11 is 3.81. The van der Waals surface area contributed by atoms with Gasteiger partial charge in [-0.05, 0) is 12.1 Å². The lowest BCUT2D eigenvalue weighted by Gasteiger charge is -2.26. The van der Waals surface area contributed by atoms with E-state index in [4.69, 9.17) is 0 Å². The van der Waals surface area contributed by atoms with Crippen molar-refractivity contribution in [3.63, 3.8) is 0 Å². The average molecular weight is 681 g/mol. The second kappa shape index (κ2) is 15.1. The molecule has 0 aliphatic carbocycles. The molecular weight excluding hydrogens is 648 g/mol. The third-order valence-electron chi connectivity index (χ3n) is 6.56. The molecule has 0 N–H and O–H groups in total. The maximum Gasteiger partial charge on any atom is 0.259 e. The summed E-state index contributed by atoms with van der Waals surface area (Å²) in [5.74, 6) is 4.31. The Morgan fingerprint density at radius 1 is 0.632 bits per heavy atom. The molecule has 0 atom stereocenters. The molecule has 2 saturated heterocycles. The van der Waals surface area contributed by atoms with Crippen molar-refractivity contribution in [1.29, 1.82) is 0 Å². The number of carbonyl (C=O) groups is 2. The fourth-order valence-corrected chi connectivity index (χ4v) is 6.37. The maximum absolute atomic E-state index is 12.9. The monoisotopic (exact) mass is 678 g/mol. The van der Waals surface area contributed by atoms with Crippen molar-refractivity contribution in [2.75, 3.05) is 49.2 Å². The highest BCUT2D eigenvalue weighted by Crippen LogP contribution is 2.14. The van der Waals surface area contributed by atoms with Crippen LogP contribution in [-0.4, -0.2) is 70.8 Å². The van der Waals surface area contributed by atoms with Gasteiger partial charge in [0.05, 0.1) is 0 Å². The number of hydrogen-bond acceptors (Lipinski definition) is 4. The number of benzene rings is 1. The van der Waals surface area contributed by atoms with Crippen LogP contribution in [-0.2, 0) is 13.1 Å². The number of thioether (sulfide) groups is 2. The van der Waals surface area contributed by atoms with Gasteiger partial charge in [-0.25, -0.2) is 0 Å². The van der Waals surface area contributed by atoms with Gasteiger partial charge in [0.2, 0.25) is 0 Å². The van der Waals surface area contributed by atoms with Crippen LogP contribution >= 0.6 is 23.5 Å². The molecular formula is C28H32Br2N4O2S2. The molecule has 0 bridgehead atoms. The van der Waals surface area contributed by atoms with Crippen molar-refractivity contribution < 1.29 is 52.7 Å². The van der Waals surface area contributed by atoms with E-state index in [2.05, 4.69) is 33.4 Å². The minimum atomic E-state index is 0. The van der Waals surface area contributed by atoms with Gasteiger partial charge in [-0.15, -0.1) is 0 Å². The number of hydrogen-bond donors (Lipinski definition) is 0. The van der Waals surface area contributed by atoms with Crippen molar-refractivity contribution in [3.05, 3.63) is 95.6 Å². The lowest BCUT2D eigenvalue weighted by atomic mass is 10.1. The summed E-state index contributed by atoms with van der Waals surface area (Å²) in [4.78, 5) is 29.6. The maximum atomic E-state index is 12.9. The topological polar surface area (TPSA) is 48.4 Å². The Morgan fingerprint density at radius 3 is 1.37 bits per heavy atom. The number of carbonyl (C=O) groups excluding carboxylic acids is 2. The normalized spacial score (nSPS) is 15.3. The van der Waals surface area contributed by atoms with Crippen molar-refractivity contribution in [2.45, 2.75) is 13.1 Å². The average Bonchev–Trinajstić information content (AvgIpc) is 2.94. The van der Waals surface area contributed by atoms with Crippen LogP contribution in [0.15, 0.2) is 73.3 Å². The molecule has 0 spiro atoms. The molecule has 0 unspecified atom stereocenters. The van der Waals surface area contributed by atoms with E-state index in [0.29, 0.717) is 13.1 Å². The first kappa shape index (κ1) is 30.7. The molecule has 1 aromatic carbocycles. The van der Waals surface area contributed by atoms with E-state index in [-0.39, 0.29) is 45.8 Å². The van der Waals surface area contributed by atoms with E-state index in [1.807, 2.05) is 82.4 Å². The molecule has 0 saturated carbocycles. The Bertz CT molecular complexity index is 1120. The minimum absolute atomic E-state index is 0. The molecule has 2 fully saturated rings. The highest BCUT2D eigenvalue weighted by atomic mass is 79.9. The zero-order valence-electron chi connectivity index (χ0n) is 21.2.